The number of hydrogen-bond acceptors (Lipinski definition) is 5. The Morgan fingerprint density at radius 2 is 2.10 bits per heavy atom. The van der Waals surface area contributed by atoms with E-state index in [4.69, 9.17) is 10.7 Å². The number of aryl methyl sites for hydroxylation is 1. The van der Waals surface area contributed by atoms with E-state index in [1.807, 2.05) is 0 Å². The Labute approximate surface area is 133 Å². The van der Waals surface area contributed by atoms with Crippen molar-refractivity contribution in [3.05, 3.63) is 32.3 Å². The molecule has 0 radical (unpaired) electrons. The van der Waals surface area contributed by atoms with Gasteiger partial charge in [-0.25, -0.2) is 8.42 Å². The topological polar surface area (TPSA) is 97.6 Å². The van der Waals surface area contributed by atoms with E-state index >= 15 is 0 Å². The van der Waals surface area contributed by atoms with E-state index in [0.29, 0.717) is 15.7 Å². The smallest absolute Gasteiger partial charge is 0.270 e. The van der Waals surface area contributed by atoms with Crippen LogP contribution in [0.3, 0.4) is 0 Å². The molecule has 0 spiro atoms. The number of nitrogens with zero attached hydrogens (tertiary/aromatic N) is 2. The summed E-state index contributed by atoms with van der Waals surface area (Å²) in [6.07, 6.45) is -0.200. The van der Waals surface area contributed by atoms with Crippen LogP contribution in [0, 0.1) is 17.0 Å². The summed E-state index contributed by atoms with van der Waals surface area (Å²) < 4.78 is 23.1. The van der Waals surface area contributed by atoms with Crippen molar-refractivity contribution < 1.29 is 18.1 Å². The quantitative estimate of drug-likeness (QED) is 0.443. The molecule has 1 fully saturated rings. The van der Waals surface area contributed by atoms with Crippen molar-refractivity contribution in [2.24, 2.45) is 0 Å². The van der Waals surface area contributed by atoms with Gasteiger partial charge in [0.1, 0.15) is 5.25 Å². The van der Waals surface area contributed by atoms with Crippen molar-refractivity contribution in [2.45, 2.75) is 18.6 Å². The Morgan fingerprint density at radius 1 is 1.48 bits per heavy atom. The van der Waals surface area contributed by atoms with E-state index in [1.54, 1.807) is 6.92 Å². The zero-order chi connectivity index (χ0) is 15.9. The maximum absolute atomic E-state index is 12.0. The Morgan fingerprint density at radius 3 is 2.52 bits per heavy atom. The molecule has 10 heteroatoms. The summed E-state index contributed by atoms with van der Waals surface area (Å²) in [5.41, 5.74) is 0.807. The van der Waals surface area contributed by atoms with Crippen LogP contribution in [0.5, 0.6) is 0 Å². The third-order valence-corrected chi connectivity index (χ3v) is 5.68. The SMILES string of the molecule is Cc1cc([N+](=O)[O-])cc(Br)c1N1CC(S(=O)(=O)Cl)CC1=O. The van der Waals surface area contributed by atoms with Gasteiger partial charge in [0.25, 0.3) is 5.69 Å². The number of hydrogen-bond donors (Lipinski definition) is 0. The molecule has 1 aliphatic rings. The summed E-state index contributed by atoms with van der Waals surface area (Å²) in [6, 6.07) is 2.61. The molecule has 7 nitrogen and oxygen atoms in total. The molecule has 0 saturated carbocycles. The number of carbonyl (C=O) groups is 1. The van der Waals surface area contributed by atoms with E-state index in [9.17, 15) is 23.3 Å². The molecule has 1 aliphatic heterocycles. The minimum atomic E-state index is -3.84. The van der Waals surface area contributed by atoms with E-state index < -0.39 is 19.2 Å². The molecule has 1 amide bonds. The van der Waals surface area contributed by atoms with Crippen molar-refractivity contribution in [3.63, 3.8) is 0 Å². The molecule has 0 aliphatic carbocycles. The van der Waals surface area contributed by atoms with Crippen LogP contribution in [0.4, 0.5) is 11.4 Å². The van der Waals surface area contributed by atoms with Crippen LogP contribution in [-0.2, 0) is 13.8 Å². The lowest BCUT2D eigenvalue weighted by atomic mass is 10.1. The minimum absolute atomic E-state index is 0.0675. The second-order valence-corrected chi connectivity index (χ2v) is 8.42. The van der Waals surface area contributed by atoms with Gasteiger partial charge < -0.3 is 4.90 Å². The van der Waals surface area contributed by atoms with Gasteiger partial charge in [-0.05, 0) is 28.4 Å². The first kappa shape index (κ1) is 16.2. The van der Waals surface area contributed by atoms with Crippen molar-refractivity contribution in [2.75, 3.05) is 11.4 Å². The van der Waals surface area contributed by atoms with Crippen LogP contribution in [0.1, 0.15) is 12.0 Å². The number of anilines is 1. The van der Waals surface area contributed by atoms with E-state index in [2.05, 4.69) is 15.9 Å². The monoisotopic (exact) mass is 396 g/mol. The fourth-order valence-corrected chi connectivity index (χ4v) is 4.03. The van der Waals surface area contributed by atoms with Crippen LogP contribution < -0.4 is 4.90 Å². The maximum atomic E-state index is 12.0. The second-order valence-electron chi connectivity index (χ2n) is 4.66. The highest BCUT2D eigenvalue weighted by Gasteiger charge is 2.39. The average Bonchev–Trinajstić information content (AvgIpc) is 2.70. The minimum Gasteiger partial charge on any atom is -0.310 e. The van der Waals surface area contributed by atoms with Crippen molar-refractivity contribution in [1.82, 2.24) is 0 Å². The zero-order valence-corrected chi connectivity index (χ0v) is 13.9. The fourth-order valence-electron chi connectivity index (χ4n) is 2.25. The molecule has 1 heterocycles. The standard InChI is InChI=1S/C11H10BrClN2O5S/c1-6-2-7(15(17)18)3-9(12)11(6)14-5-8(4-10(14)16)21(13,19)20/h2-3,8H,4-5H2,1H3. The first-order chi connectivity index (χ1) is 9.61. The lowest BCUT2D eigenvalue weighted by molar-refractivity contribution is -0.385. The number of amides is 1. The van der Waals surface area contributed by atoms with Crippen LogP contribution in [0.15, 0.2) is 16.6 Å². The van der Waals surface area contributed by atoms with Gasteiger partial charge in [-0.2, -0.15) is 0 Å². The number of carbonyl (C=O) groups excluding carboxylic acids is 1. The van der Waals surface area contributed by atoms with Gasteiger partial charge in [0, 0.05) is 40.3 Å². The summed E-state index contributed by atoms with van der Waals surface area (Å²) in [5, 5.41) is 9.81. The molecular formula is C11H10BrClN2O5S. The summed E-state index contributed by atoms with van der Waals surface area (Å²) in [6.45, 7) is 1.55. The Hall–Kier alpha value is -1.19. The number of nitro groups is 1. The van der Waals surface area contributed by atoms with Crippen LogP contribution in [0.2, 0.25) is 0 Å². The molecule has 1 aromatic carbocycles. The summed E-state index contributed by atoms with van der Waals surface area (Å²) >= 11 is 3.19. The van der Waals surface area contributed by atoms with E-state index in [1.165, 1.54) is 17.0 Å². The third-order valence-electron chi connectivity index (χ3n) is 3.21. The van der Waals surface area contributed by atoms with Crippen molar-refractivity contribution in [1.29, 1.82) is 0 Å². The number of halogens is 2. The summed E-state index contributed by atoms with van der Waals surface area (Å²) in [7, 11) is 1.46. The van der Waals surface area contributed by atoms with Crippen LogP contribution in [-0.4, -0.2) is 31.0 Å². The molecule has 0 N–H and O–H groups in total. The van der Waals surface area contributed by atoms with Gasteiger partial charge in [0.15, 0.2) is 0 Å². The maximum Gasteiger partial charge on any atom is 0.270 e. The van der Waals surface area contributed by atoms with Gasteiger partial charge in [-0.3, -0.25) is 14.9 Å². The lowest BCUT2D eigenvalue weighted by Gasteiger charge is -2.20. The van der Waals surface area contributed by atoms with Crippen LogP contribution in [0.25, 0.3) is 0 Å². The highest BCUT2D eigenvalue weighted by atomic mass is 79.9. The number of non-ortho nitro benzene ring substituents is 1. The van der Waals surface area contributed by atoms with Crippen molar-refractivity contribution >= 4 is 52.9 Å². The molecular weight excluding hydrogens is 388 g/mol. The molecule has 1 aromatic rings. The first-order valence-corrected chi connectivity index (χ1v) is 8.96. The molecule has 0 bridgehead atoms. The molecule has 21 heavy (non-hydrogen) atoms. The molecule has 1 unspecified atom stereocenters. The van der Waals surface area contributed by atoms with Gasteiger partial charge in [0.05, 0.1) is 10.6 Å². The van der Waals surface area contributed by atoms with Gasteiger partial charge in [0.2, 0.25) is 15.0 Å². The highest BCUT2D eigenvalue weighted by Crippen LogP contribution is 2.37. The number of benzene rings is 1. The molecule has 0 aromatic heterocycles. The van der Waals surface area contributed by atoms with Gasteiger partial charge >= 0.3 is 0 Å². The first-order valence-electron chi connectivity index (χ1n) is 5.79. The Kier molecular flexibility index (Phi) is 4.27. The normalized spacial score (nSPS) is 19.1. The van der Waals surface area contributed by atoms with Crippen LogP contribution >= 0.6 is 26.6 Å². The average molecular weight is 398 g/mol. The molecule has 2 rings (SSSR count). The molecule has 1 atom stereocenters. The third kappa shape index (κ3) is 3.19. The summed E-state index contributed by atoms with van der Waals surface area (Å²) in [5.74, 6) is -0.387. The van der Waals surface area contributed by atoms with Gasteiger partial charge in [-0.1, -0.05) is 0 Å². The van der Waals surface area contributed by atoms with Gasteiger partial charge in [-0.15, -0.1) is 0 Å². The largest absolute Gasteiger partial charge is 0.310 e. The fraction of sp³-hybridized carbons (Fsp3) is 0.364. The number of nitro benzene ring substituents is 1. The summed E-state index contributed by atoms with van der Waals surface area (Å²) in [4.78, 5) is 23.5. The highest BCUT2D eigenvalue weighted by molar-refractivity contribution is 9.10. The van der Waals surface area contributed by atoms with E-state index in [-0.39, 0.29) is 24.6 Å². The van der Waals surface area contributed by atoms with Crippen molar-refractivity contribution in [3.8, 4) is 0 Å². The van der Waals surface area contributed by atoms with E-state index in [0.717, 1.165) is 0 Å². The predicted octanol–water partition coefficient (Wildman–Crippen LogP) is 2.34. The predicted molar refractivity (Wildman–Crippen MR) is 81.1 cm³/mol. The lowest BCUT2D eigenvalue weighted by Crippen LogP contribution is -2.27. The second kappa shape index (κ2) is 5.54. The Bertz CT molecular complexity index is 713. The zero-order valence-electron chi connectivity index (χ0n) is 10.7. The number of rotatable bonds is 3. The molecule has 114 valence electrons. The molecule has 1 saturated heterocycles. The Balaban J connectivity index is 2.44.